The highest BCUT2D eigenvalue weighted by molar-refractivity contribution is 7.89. The Bertz CT molecular complexity index is 956. The Morgan fingerprint density at radius 2 is 1.70 bits per heavy atom. The number of nitrogens with zero attached hydrogens (tertiary/aromatic N) is 3. The molecule has 1 aliphatic rings. The number of nitrogens with one attached hydrogen (secondary N) is 1. The van der Waals surface area contributed by atoms with Gasteiger partial charge in [-0.15, -0.1) is 0 Å². The van der Waals surface area contributed by atoms with Crippen molar-refractivity contribution in [2.24, 2.45) is 0 Å². The summed E-state index contributed by atoms with van der Waals surface area (Å²) in [6.07, 6.45) is 0. The third-order valence-electron chi connectivity index (χ3n) is 5.68. The summed E-state index contributed by atoms with van der Waals surface area (Å²) in [6, 6.07) is 12.0. The van der Waals surface area contributed by atoms with Crippen LogP contribution in [0.4, 0.5) is 10.1 Å². The fourth-order valence-corrected chi connectivity index (χ4v) is 4.77. The largest absolute Gasteiger partial charge is 0.378 e. The molecule has 0 radical (unpaired) electrons. The van der Waals surface area contributed by atoms with Crippen LogP contribution >= 0.6 is 0 Å². The molecule has 30 heavy (non-hydrogen) atoms. The van der Waals surface area contributed by atoms with E-state index in [1.807, 2.05) is 19.0 Å². The molecule has 0 spiro atoms. The molecule has 1 N–H and O–H groups in total. The van der Waals surface area contributed by atoms with Crippen LogP contribution in [0.3, 0.4) is 0 Å². The van der Waals surface area contributed by atoms with Gasteiger partial charge in [0.05, 0.1) is 4.90 Å². The molecule has 164 valence electrons. The lowest BCUT2D eigenvalue weighted by Crippen LogP contribution is -2.48. The molecule has 2 aromatic rings. The number of sulfonamides is 1. The Labute approximate surface area is 179 Å². The van der Waals surface area contributed by atoms with E-state index < -0.39 is 15.8 Å². The molecule has 3 rings (SSSR count). The molecule has 1 saturated heterocycles. The van der Waals surface area contributed by atoms with Crippen molar-refractivity contribution in [1.29, 1.82) is 0 Å². The van der Waals surface area contributed by atoms with Crippen molar-refractivity contribution >= 4 is 15.7 Å². The third-order valence-corrected chi connectivity index (χ3v) is 7.10. The number of rotatable bonds is 7. The Balaban J connectivity index is 1.82. The Kier molecular flexibility index (Phi) is 7.13. The quantitative estimate of drug-likeness (QED) is 0.726. The second kappa shape index (κ2) is 9.43. The number of hydrogen-bond donors (Lipinski definition) is 1. The van der Waals surface area contributed by atoms with Gasteiger partial charge < -0.3 is 9.80 Å². The van der Waals surface area contributed by atoms with Crippen molar-refractivity contribution in [3.8, 4) is 0 Å². The summed E-state index contributed by atoms with van der Waals surface area (Å²) in [5, 5.41) is 0. The van der Waals surface area contributed by atoms with Crippen LogP contribution in [-0.4, -0.2) is 72.1 Å². The molecular formula is C22H31FN4O2S. The molecule has 8 heteroatoms. The summed E-state index contributed by atoms with van der Waals surface area (Å²) in [4.78, 5) is 6.72. The van der Waals surface area contributed by atoms with E-state index in [4.69, 9.17) is 0 Å². The van der Waals surface area contributed by atoms with E-state index in [1.165, 1.54) is 18.2 Å². The molecular weight excluding hydrogens is 403 g/mol. The summed E-state index contributed by atoms with van der Waals surface area (Å²) in [7, 11) is 2.34. The molecule has 1 fully saturated rings. The first-order valence-electron chi connectivity index (χ1n) is 10.1. The van der Waals surface area contributed by atoms with E-state index in [9.17, 15) is 12.8 Å². The summed E-state index contributed by atoms with van der Waals surface area (Å²) >= 11 is 0. The molecule has 1 heterocycles. The van der Waals surface area contributed by atoms with Crippen LogP contribution in [0.5, 0.6) is 0 Å². The zero-order valence-electron chi connectivity index (χ0n) is 18.1. The molecule has 0 amide bonds. The van der Waals surface area contributed by atoms with Crippen molar-refractivity contribution in [1.82, 2.24) is 14.5 Å². The molecule has 1 atom stereocenters. The van der Waals surface area contributed by atoms with Crippen LogP contribution in [0.15, 0.2) is 47.4 Å². The number of piperazine rings is 1. The minimum absolute atomic E-state index is 0.0776. The van der Waals surface area contributed by atoms with E-state index >= 15 is 0 Å². The molecule has 2 aromatic carbocycles. The van der Waals surface area contributed by atoms with Crippen molar-refractivity contribution < 1.29 is 12.8 Å². The summed E-state index contributed by atoms with van der Waals surface area (Å²) in [5.74, 6) is -0.412. The molecule has 0 bridgehead atoms. The number of aryl methyl sites for hydroxylation is 1. The van der Waals surface area contributed by atoms with E-state index in [0.717, 1.165) is 37.4 Å². The third kappa shape index (κ3) is 5.37. The van der Waals surface area contributed by atoms with Gasteiger partial charge in [-0.1, -0.05) is 12.1 Å². The molecule has 0 saturated carbocycles. The summed E-state index contributed by atoms with van der Waals surface area (Å²) in [5.41, 5.74) is 2.48. The Hall–Kier alpha value is -2.00. The van der Waals surface area contributed by atoms with Gasteiger partial charge in [0, 0.05) is 58.5 Å². The van der Waals surface area contributed by atoms with E-state index in [-0.39, 0.29) is 17.5 Å². The van der Waals surface area contributed by atoms with Crippen LogP contribution < -0.4 is 9.62 Å². The highest BCUT2D eigenvalue weighted by atomic mass is 32.2. The van der Waals surface area contributed by atoms with Crippen molar-refractivity contribution in [2.45, 2.75) is 17.9 Å². The van der Waals surface area contributed by atoms with Crippen molar-refractivity contribution in [3.05, 3.63) is 59.4 Å². The van der Waals surface area contributed by atoms with Crippen molar-refractivity contribution in [2.75, 3.05) is 58.8 Å². The van der Waals surface area contributed by atoms with Gasteiger partial charge in [-0.2, -0.15) is 0 Å². The minimum atomic E-state index is -3.74. The number of likely N-dealkylation sites (N-methyl/N-ethyl adjacent to an activating group) is 1. The number of anilines is 1. The lowest BCUT2D eigenvalue weighted by molar-refractivity contribution is 0.113. The average molecular weight is 435 g/mol. The smallest absolute Gasteiger partial charge is 0.240 e. The van der Waals surface area contributed by atoms with E-state index in [2.05, 4.69) is 45.8 Å². The van der Waals surface area contributed by atoms with Crippen LogP contribution in [-0.2, 0) is 10.0 Å². The van der Waals surface area contributed by atoms with Crippen LogP contribution in [0.25, 0.3) is 0 Å². The molecule has 1 aliphatic heterocycles. The maximum atomic E-state index is 13.6. The average Bonchev–Trinajstić information content (AvgIpc) is 2.71. The van der Waals surface area contributed by atoms with Gasteiger partial charge in [-0.3, -0.25) is 4.90 Å². The summed E-state index contributed by atoms with van der Waals surface area (Å²) < 4.78 is 42.0. The van der Waals surface area contributed by atoms with Gasteiger partial charge in [-0.05, 0) is 55.4 Å². The van der Waals surface area contributed by atoms with E-state index in [1.54, 1.807) is 6.92 Å². The first-order chi connectivity index (χ1) is 14.2. The molecule has 0 aliphatic carbocycles. The summed E-state index contributed by atoms with van der Waals surface area (Å²) in [6.45, 7) is 5.44. The Morgan fingerprint density at radius 3 is 2.27 bits per heavy atom. The first kappa shape index (κ1) is 22.7. The van der Waals surface area contributed by atoms with Gasteiger partial charge >= 0.3 is 0 Å². The van der Waals surface area contributed by atoms with Gasteiger partial charge in [0.2, 0.25) is 10.0 Å². The fourth-order valence-electron chi connectivity index (χ4n) is 3.64. The monoisotopic (exact) mass is 434 g/mol. The number of benzene rings is 2. The SMILES string of the molecule is Cc1cc(S(=O)(=O)NCC(c2ccc(N(C)C)cc2)N2CCN(C)CC2)ccc1F. The highest BCUT2D eigenvalue weighted by Gasteiger charge is 2.26. The minimum Gasteiger partial charge on any atom is -0.378 e. The number of hydrogen-bond acceptors (Lipinski definition) is 5. The van der Waals surface area contributed by atoms with Gasteiger partial charge in [-0.25, -0.2) is 17.5 Å². The van der Waals surface area contributed by atoms with Crippen LogP contribution in [0, 0.1) is 12.7 Å². The highest BCUT2D eigenvalue weighted by Crippen LogP contribution is 2.25. The first-order valence-corrected chi connectivity index (χ1v) is 11.6. The maximum absolute atomic E-state index is 13.6. The fraction of sp³-hybridized carbons (Fsp3) is 0.455. The Morgan fingerprint density at radius 1 is 1.07 bits per heavy atom. The predicted molar refractivity (Wildman–Crippen MR) is 119 cm³/mol. The second-order valence-corrected chi connectivity index (χ2v) is 9.87. The predicted octanol–water partition coefficient (Wildman–Crippen LogP) is 2.47. The lowest BCUT2D eigenvalue weighted by Gasteiger charge is -2.38. The van der Waals surface area contributed by atoms with Crippen LogP contribution in [0.2, 0.25) is 0 Å². The molecule has 0 aromatic heterocycles. The van der Waals surface area contributed by atoms with E-state index in [0.29, 0.717) is 5.56 Å². The molecule has 6 nitrogen and oxygen atoms in total. The topological polar surface area (TPSA) is 55.9 Å². The molecule has 1 unspecified atom stereocenters. The van der Waals surface area contributed by atoms with Gasteiger partial charge in [0.25, 0.3) is 0 Å². The van der Waals surface area contributed by atoms with Gasteiger partial charge in [0.1, 0.15) is 5.82 Å². The maximum Gasteiger partial charge on any atom is 0.240 e. The van der Waals surface area contributed by atoms with Crippen LogP contribution in [0.1, 0.15) is 17.2 Å². The zero-order valence-corrected chi connectivity index (χ0v) is 18.9. The van der Waals surface area contributed by atoms with Gasteiger partial charge in [0.15, 0.2) is 0 Å². The lowest BCUT2D eigenvalue weighted by atomic mass is 10.0. The van der Waals surface area contributed by atoms with Crippen molar-refractivity contribution in [3.63, 3.8) is 0 Å². The normalized spacial score (nSPS) is 17.1. The second-order valence-electron chi connectivity index (χ2n) is 8.10. The standard InChI is InChI=1S/C22H31FN4O2S/c1-17-15-20(9-10-21(17)23)30(28,29)24-16-22(27-13-11-26(4)12-14-27)18-5-7-19(8-6-18)25(2)3/h5-10,15,22,24H,11-14,16H2,1-4H3. The number of halogens is 1. The zero-order chi connectivity index (χ0) is 21.9.